The normalized spacial score (nSPS) is 12.6. The maximum atomic E-state index is 12.4. The third kappa shape index (κ3) is 5.89. The second kappa shape index (κ2) is 9.42. The molecule has 0 radical (unpaired) electrons. The first-order valence-corrected chi connectivity index (χ1v) is 8.17. The molecule has 0 saturated heterocycles. The summed E-state index contributed by atoms with van der Waals surface area (Å²) in [5.41, 5.74) is 0. The van der Waals surface area contributed by atoms with Crippen LogP contribution in [0, 0.1) is 0 Å². The zero-order valence-corrected chi connectivity index (χ0v) is 13.0. The van der Waals surface area contributed by atoms with Gasteiger partial charge in [0.1, 0.15) is 0 Å². The number of rotatable bonds is 10. The number of nitrogens with zero attached hydrogens (tertiary/aromatic N) is 1. The van der Waals surface area contributed by atoms with E-state index >= 15 is 0 Å². The molecule has 0 aromatic heterocycles. The summed E-state index contributed by atoms with van der Waals surface area (Å²) in [6, 6.07) is 0. The molecule has 0 aliphatic carbocycles. The van der Waals surface area contributed by atoms with Crippen LogP contribution in [0.3, 0.4) is 0 Å². The fourth-order valence-electron chi connectivity index (χ4n) is 1.50. The summed E-state index contributed by atoms with van der Waals surface area (Å²) in [6.45, 7) is 12.3. The van der Waals surface area contributed by atoms with Crippen LogP contribution in [0.1, 0.15) is 34.6 Å². The molecule has 5 nitrogen and oxygen atoms in total. The Morgan fingerprint density at radius 1 is 1.00 bits per heavy atom. The van der Waals surface area contributed by atoms with E-state index in [9.17, 15) is 4.57 Å². The Balaban J connectivity index is 5.13. The molecule has 0 amide bonds. The summed E-state index contributed by atoms with van der Waals surface area (Å²) < 4.78 is 28.4. The van der Waals surface area contributed by atoms with Crippen molar-refractivity contribution in [3.63, 3.8) is 0 Å². The lowest BCUT2D eigenvalue weighted by Gasteiger charge is -2.25. The molecule has 0 aliphatic rings. The minimum Gasteiger partial charge on any atom is -0.479 e. The van der Waals surface area contributed by atoms with E-state index in [4.69, 9.17) is 13.8 Å². The van der Waals surface area contributed by atoms with Gasteiger partial charge >= 0.3 is 7.60 Å². The van der Waals surface area contributed by atoms with Gasteiger partial charge in [-0.25, -0.2) is 0 Å². The third-order valence-electron chi connectivity index (χ3n) is 2.25. The highest BCUT2D eigenvalue weighted by Crippen LogP contribution is 2.50. The van der Waals surface area contributed by atoms with E-state index in [0.29, 0.717) is 25.7 Å². The van der Waals surface area contributed by atoms with Gasteiger partial charge in [0, 0.05) is 13.1 Å². The molecule has 0 atom stereocenters. The van der Waals surface area contributed by atoms with Crippen molar-refractivity contribution in [1.82, 2.24) is 4.90 Å². The summed E-state index contributed by atoms with van der Waals surface area (Å²) in [4.78, 5) is 1.98. The van der Waals surface area contributed by atoms with Gasteiger partial charge in [-0.05, 0) is 34.6 Å². The Labute approximate surface area is 111 Å². The van der Waals surface area contributed by atoms with Crippen LogP contribution < -0.4 is 0 Å². The van der Waals surface area contributed by atoms with Gasteiger partial charge in [-0.3, -0.25) is 4.57 Å². The Hall–Kier alpha value is -0.510. The SMILES string of the molecule is CCO/C(=C/P(=O)(OCC)OCC)N(CC)CC. The highest BCUT2D eigenvalue weighted by Gasteiger charge is 2.23. The standard InChI is InChI=1S/C12H26NO4P/c1-6-13(7-2)12(15-8-3)11-18(14,16-9-4)17-10-5/h11H,6-10H2,1-5H3/b12-11+. The first-order valence-electron chi connectivity index (χ1n) is 6.56. The van der Waals surface area contributed by atoms with E-state index in [-0.39, 0.29) is 0 Å². The van der Waals surface area contributed by atoms with Crippen molar-refractivity contribution in [1.29, 1.82) is 0 Å². The Morgan fingerprint density at radius 2 is 1.50 bits per heavy atom. The number of hydrogen-bond donors (Lipinski definition) is 0. The molecule has 0 saturated carbocycles. The maximum Gasteiger partial charge on any atom is 0.359 e. The topological polar surface area (TPSA) is 48.0 Å². The average Bonchev–Trinajstić information content (AvgIpc) is 2.31. The molecule has 0 aromatic carbocycles. The van der Waals surface area contributed by atoms with Crippen molar-refractivity contribution in [3.8, 4) is 0 Å². The molecule has 0 aromatic rings. The van der Waals surface area contributed by atoms with E-state index in [1.165, 1.54) is 5.82 Å². The largest absolute Gasteiger partial charge is 0.479 e. The van der Waals surface area contributed by atoms with Gasteiger partial charge in [0.05, 0.1) is 25.6 Å². The third-order valence-corrected chi connectivity index (χ3v) is 4.03. The zero-order chi connectivity index (χ0) is 14.0. The summed E-state index contributed by atoms with van der Waals surface area (Å²) in [6.07, 6.45) is 0. The van der Waals surface area contributed by atoms with Gasteiger partial charge in [0.15, 0.2) is 5.88 Å². The smallest absolute Gasteiger partial charge is 0.359 e. The van der Waals surface area contributed by atoms with Crippen LogP contribution in [0.15, 0.2) is 11.7 Å². The number of hydrogen-bond acceptors (Lipinski definition) is 5. The van der Waals surface area contributed by atoms with E-state index in [0.717, 1.165) is 13.1 Å². The van der Waals surface area contributed by atoms with Crippen molar-refractivity contribution in [3.05, 3.63) is 11.7 Å². The fourth-order valence-corrected chi connectivity index (χ4v) is 2.95. The molecule has 0 unspecified atom stereocenters. The van der Waals surface area contributed by atoms with Crippen LogP contribution >= 0.6 is 7.60 Å². The van der Waals surface area contributed by atoms with Crippen LogP contribution in [0.5, 0.6) is 0 Å². The second-order valence-electron chi connectivity index (χ2n) is 3.45. The lowest BCUT2D eigenvalue weighted by Crippen LogP contribution is -2.24. The predicted molar refractivity (Wildman–Crippen MR) is 73.5 cm³/mol. The first kappa shape index (κ1) is 17.5. The van der Waals surface area contributed by atoms with Crippen LogP contribution in [0.25, 0.3) is 0 Å². The van der Waals surface area contributed by atoms with E-state index in [2.05, 4.69) is 0 Å². The van der Waals surface area contributed by atoms with Gasteiger partial charge in [-0.1, -0.05) is 0 Å². The molecule has 0 spiro atoms. The van der Waals surface area contributed by atoms with E-state index in [1.807, 2.05) is 25.7 Å². The van der Waals surface area contributed by atoms with Crippen LogP contribution in [0.4, 0.5) is 0 Å². The molecule has 108 valence electrons. The van der Waals surface area contributed by atoms with Crippen molar-refractivity contribution < 1.29 is 18.3 Å². The Kier molecular flexibility index (Phi) is 9.16. The highest BCUT2D eigenvalue weighted by atomic mass is 31.2. The van der Waals surface area contributed by atoms with Gasteiger partial charge in [-0.2, -0.15) is 0 Å². The minimum absolute atomic E-state index is 0.339. The van der Waals surface area contributed by atoms with Crippen molar-refractivity contribution in [2.45, 2.75) is 34.6 Å². The van der Waals surface area contributed by atoms with E-state index < -0.39 is 7.60 Å². The molecular weight excluding hydrogens is 253 g/mol. The van der Waals surface area contributed by atoms with Gasteiger partial charge < -0.3 is 18.7 Å². The summed E-state index contributed by atoms with van der Waals surface area (Å²) >= 11 is 0. The predicted octanol–water partition coefficient (Wildman–Crippen LogP) is 3.43. The summed E-state index contributed by atoms with van der Waals surface area (Å²) in [5, 5.41) is 0. The molecule has 0 N–H and O–H groups in total. The molecule has 0 rings (SSSR count). The van der Waals surface area contributed by atoms with Crippen LogP contribution in [-0.2, 0) is 18.3 Å². The number of ether oxygens (including phenoxy) is 1. The lowest BCUT2D eigenvalue weighted by atomic mass is 10.5. The van der Waals surface area contributed by atoms with Gasteiger partial charge in [0.2, 0.25) is 0 Å². The molecule has 0 fully saturated rings. The minimum atomic E-state index is -3.21. The molecular formula is C12H26NO4P. The zero-order valence-electron chi connectivity index (χ0n) is 12.1. The highest BCUT2D eigenvalue weighted by molar-refractivity contribution is 7.57. The quantitative estimate of drug-likeness (QED) is 0.453. The molecule has 0 bridgehead atoms. The van der Waals surface area contributed by atoms with Crippen molar-refractivity contribution >= 4 is 7.60 Å². The maximum absolute atomic E-state index is 12.4. The van der Waals surface area contributed by atoms with Gasteiger partial charge in [0.25, 0.3) is 0 Å². The van der Waals surface area contributed by atoms with Gasteiger partial charge in [-0.15, -0.1) is 0 Å². The van der Waals surface area contributed by atoms with Crippen LogP contribution in [0.2, 0.25) is 0 Å². The Bertz CT molecular complexity index is 280. The summed E-state index contributed by atoms with van der Waals surface area (Å²) in [7, 11) is -3.21. The average molecular weight is 279 g/mol. The molecule has 0 heterocycles. The molecule has 0 aliphatic heterocycles. The lowest BCUT2D eigenvalue weighted by molar-refractivity contribution is 0.127. The monoisotopic (exact) mass is 279 g/mol. The first-order chi connectivity index (χ1) is 8.56. The van der Waals surface area contributed by atoms with Crippen LogP contribution in [-0.4, -0.2) is 37.8 Å². The Morgan fingerprint density at radius 3 is 1.83 bits per heavy atom. The second-order valence-corrected chi connectivity index (χ2v) is 5.30. The molecule has 6 heteroatoms. The summed E-state index contributed by atoms with van der Waals surface area (Å²) in [5.74, 6) is 2.05. The van der Waals surface area contributed by atoms with Crippen molar-refractivity contribution in [2.24, 2.45) is 0 Å². The fraction of sp³-hybridized carbons (Fsp3) is 0.833. The van der Waals surface area contributed by atoms with Crippen molar-refractivity contribution in [2.75, 3.05) is 32.9 Å². The van der Waals surface area contributed by atoms with E-state index in [1.54, 1.807) is 13.8 Å². The molecule has 18 heavy (non-hydrogen) atoms.